The molecule has 0 bridgehead atoms. The van der Waals surface area contributed by atoms with Crippen LogP contribution in [0.25, 0.3) is 0 Å². The number of unbranched alkanes of at least 4 members (excludes halogenated alkanes) is 6. The lowest BCUT2D eigenvalue weighted by Gasteiger charge is -2.31. The highest BCUT2D eigenvalue weighted by atomic mass is 15.2. The van der Waals surface area contributed by atoms with Gasteiger partial charge in [0.25, 0.3) is 0 Å². The zero-order chi connectivity index (χ0) is 11.6. The van der Waals surface area contributed by atoms with Crippen LogP contribution in [0.4, 0.5) is 0 Å². The van der Waals surface area contributed by atoms with Crippen molar-refractivity contribution in [3.05, 3.63) is 0 Å². The molecule has 0 saturated carbocycles. The quantitative estimate of drug-likeness (QED) is 0.640. The van der Waals surface area contributed by atoms with Crippen LogP contribution in [0.1, 0.15) is 58.8 Å². The number of nitrogens with zero attached hydrogens (tertiary/aromatic N) is 1. The molecule has 1 aliphatic heterocycles. The summed E-state index contributed by atoms with van der Waals surface area (Å²) < 4.78 is 0. The number of rotatable bonds is 8. The van der Waals surface area contributed by atoms with Gasteiger partial charge in [-0.25, -0.2) is 0 Å². The van der Waals surface area contributed by atoms with Crippen LogP contribution in [-0.4, -0.2) is 37.1 Å². The predicted octanol–water partition coefficient (Wildman–Crippen LogP) is 3.03. The predicted molar refractivity (Wildman–Crippen MR) is 71.9 cm³/mol. The van der Waals surface area contributed by atoms with Crippen molar-refractivity contribution in [1.82, 2.24) is 10.2 Å². The summed E-state index contributed by atoms with van der Waals surface area (Å²) in [5.74, 6) is 0. The van der Waals surface area contributed by atoms with Crippen molar-refractivity contribution in [2.24, 2.45) is 0 Å². The lowest BCUT2D eigenvalue weighted by atomic mass is 10.1. The molecule has 1 N–H and O–H groups in total. The Balaban J connectivity index is 1.86. The highest BCUT2D eigenvalue weighted by molar-refractivity contribution is 4.74. The fourth-order valence-electron chi connectivity index (χ4n) is 2.51. The minimum absolute atomic E-state index is 0.693. The number of hydrogen-bond donors (Lipinski definition) is 1. The normalized spacial score (nSPS) is 22.5. The maximum Gasteiger partial charge on any atom is 0.0167 e. The Bertz CT molecular complexity index is 159. The monoisotopic (exact) mass is 226 g/mol. The van der Waals surface area contributed by atoms with E-state index >= 15 is 0 Å². The smallest absolute Gasteiger partial charge is 0.0167 e. The molecule has 1 fully saturated rings. The van der Waals surface area contributed by atoms with Crippen molar-refractivity contribution in [2.75, 3.05) is 26.2 Å². The fraction of sp³-hybridized carbons (Fsp3) is 1.00. The average Bonchev–Trinajstić information content (AvgIpc) is 2.28. The first-order valence-corrected chi connectivity index (χ1v) is 7.28. The summed E-state index contributed by atoms with van der Waals surface area (Å²) in [7, 11) is 0. The first-order valence-electron chi connectivity index (χ1n) is 7.28. The third kappa shape index (κ3) is 6.49. The fourth-order valence-corrected chi connectivity index (χ4v) is 2.51. The van der Waals surface area contributed by atoms with Gasteiger partial charge >= 0.3 is 0 Å². The molecule has 0 aromatic heterocycles. The largest absolute Gasteiger partial charge is 0.312 e. The number of hydrogen-bond acceptors (Lipinski definition) is 2. The van der Waals surface area contributed by atoms with Crippen molar-refractivity contribution in [2.45, 2.75) is 64.8 Å². The molecular formula is C14H30N2. The van der Waals surface area contributed by atoms with Gasteiger partial charge in [0.05, 0.1) is 0 Å². The summed E-state index contributed by atoms with van der Waals surface area (Å²) in [6, 6.07) is 0.693. The SMILES string of the molecule is CCCCCCCCCN1CCN[C@H](C)C1. The van der Waals surface area contributed by atoms with Crippen molar-refractivity contribution >= 4 is 0 Å². The lowest BCUT2D eigenvalue weighted by molar-refractivity contribution is 0.203. The van der Waals surface area contributed by atoms with E-state index in [-0.39, 0.29) is 0 Å². The second kappa shape index (κ2) is 9.00. The van der Waals surface area contributed by atoms with Gasteiger partial charge < -0.3 is 10.2 Å². The Kier molecular flexibility index (Phi) is 7.87. The molecule has 1 aliphatic rings. The van der Waals surface area contributed by atoms with E-state index in [1.807, 2.05) is 0 Å². The van der Waals surface area contributed by atoms with Crippen molar-refractivity contribution in [1.29, 1.82) is 0 Å². The summed E-state index contributed by atoms with van der Waals surface area (Å²) in [5, 5.41) is 3.50. The van der Waals surface area contributed by atoms with Gasteiger partial charge in [-0.2, -0.15) is 0 Å². The average molecular weight is 226 g/mol. The first kappa shape index (κ1) is 14.0. The van der Waals surface area contributed by atoms with Gasteiger partial charge in [-0.15, -0.1) is 0 Å². The van der Waals surface area contributed by atoms with Gasteiger partial charge in [0.2, 0.25) is 0 Å². The van der Waals surface area contributed by atoms with E-state index in [9.17, 15) is 0 Å². The molecule has 0 aromatic carbocycles. The molecule has 1 rings (SSSR count). The minimum atomic E-state index is 0.693. The molecule has 1 saturated heterocycles. The van der Waals surface area contributed by atoms with Crippen LogP contribution in [0, 0.1) is 0 Å². The zero-order valence-corrected chi connectivity index (χ0v) is 11.3. The third-order valence-corrected chi connectivity index (χ3v) is 3.53. The Labute approximate surface area is 102 Å². The lowest BCUT2D eigenvalue weighted by Crippen LogP contribution is -2.49. The molecule has 0 spiro atoms. The molecule has 16 heavy (non-hydrogen) atoms. The van der Waals surface area contributed by atoms with Crippen LogP contribution < -0.4 is 5.32 Å². The molecule has 2 heteroatoms. The molecule has 1 atom stereocenters. The second-order valence-corrected chi connectivity index (χ2v) is 5.28. The van der Waals surface area contributed by atoms with Gasteiger partial charge in [0.15, 0.2) is 0 Å². The van der Waals surface area contributed by atoms with Crippen molar-refractivity contribution in [3.8, 4) is 0 Å². The van der Waals surface area contributed by atoms with E-state index in [2.05, 4.69) is 24.1 Å². The van der Waals surface area contributed by atoms with Crippen LogP contribution in [-0.2, 0) is 0 Å². The molecule has 0 aliphatic carbocycles. The van der Waals surface area contributed by atoms with E-state index < -0.39 is 0 Å². The molecule has 0 amide bonds. The molecule has 0 unspecified atom stereocenters. The van der Waals surface area contributed by atoms with Crippen LogP contribution in [0.3, 0.4) is 0 Å². The van der Waals surface area contributed by atoms with Crippen molar-refractivity contribution < 1.29 is 0 Å². The van der Waals surface area contributed by atoms with E-state index in [4.69, 9.17) is 0 Å². The van der Waals surface area contributed by atoms with E-state index in [1.165, 1.54) is 71.1 Å². The molecule has 0 radical (unpaired) electrons. The minimum Gasteiger partial charge on any atom is -0.312 e. The zero-order valence-electron chi connectivity index (χ0n) is 11.3. The summed E-state index contributed by atoms with van der Waals surface area (Å²) in [5.41, 5.74) is 0. The third-order valence-electron chi connectivity index (χ3n) is 3.53. The van der Waals surface area contributed by atoms with Gasteiger partial charge in [0, 0.05) is 25.7 Å². The Hall–Kier alpha value is -0.0800. The summed E-state index contributed by atoms with van der Waals surface area (Å²) in [6.45, 7) is 9.57. The maximum atomic E-state index is 3.50. The van der Waals surface area contributed by atoms with Crippen molar-refractivity contribution in [3.63, 3.8) is 0 Å². The van der Waals surface area contributed by atoms with Gasteiger partial charge in [-0.05, 0) is 19.9 Å². The number of nitrogens with one attached hydrogen (secondary N) is 1. The Morgan fingerprint density at radius 3 is 2.44 bits per heavy atom. The molecule has 2 nitrogen and oxygen atoms in total. The highest BCUT2D eigenvalue weighted by Gasteiger charge is 2.14. The Morgan fingerprint density at radius 2 is 1.75 bits per heavy atom. The second-order valence-electron chi connectivity index (χ2n) is 5.28. The van der Waals surface area contributed by atoms with Crippen LogP contribution in [0.5, 0.6) is 0 Å². The molecule has 1 heterocycles. The van der Waals surface area contributed by atoms with Gasteiger partial charge in [-0.3, -0.25) is 0 Å². The maximum absolute atomic E-state index is 3.50. The van der Waals surface area contributed by atoms with Crippen LogP contribution in [0.2, 0.25) is 0 Å². The van der Waals surface area contributed by atoms with Crippen LogP contribution >= 0.6 is 0 Å². The summed E-state index contributed by atoms with van der Waals surface area (Å²) >= 11 is 0. The standard InChI is InChI=1S/C14H30N2/c1-3-4-5-6-7-8-9-11-16-12-10-15-14(2)13-16/h14-15H,3-13H2,1-2H3/t14-/m1/s1. The molecule has 0 aromatic rings. The summed E-state index contributed by atoms with van der Waals surface area (Å²) in [4.78, 5) is 2.62. The first-order chi connectivity index (χ1) is 7.83. The van der Waals surface area contributed by atoms with Gasteiger partial charge in [-0.1, -0.05) is 45.4 Å². The number of piperazine rings is 1. The summed E-state index contributed by atoms with van der Waals surface area (Å²) in [6.07, 6.45) is 9.96. The van der Waals surface area contributed by atoms with Crippen LogP contribution in [0.15, 0.2) is 0 Å². The Morgan fingerprint density at radius 1 is 1.06 bits per heavy atom. The molecule has 96 valence electrons. The van der Waals surface area contributed by atoms with E-state index in [0.29, 0.717) is 6.04 Å². The highest BCUT2D eigenvalue weighted by Crippen LogP contribution is 2.08. The van der Waals surface area contributed by atoms with Gasteiger partial charge in [0.1, 0.15) is 0 Å². The molecular weight excluding hydrogens is 196 g/mol. The van der Waals surface area contributed by atoms with E-state index in [0.717, 1.165) is 0 Å². The van der Waals surface area contributed by atoms with E-state index in [1.54, 1.807) is 0 Å². The topological polar surface area (TPSA) is 15.3 Å².